The van der Waals surface area contributed by atoms with Gasteiger partial charge in [-0.15, -0.1) is 16.4 Å². The Morgan fingerprint density at radius 1 is 1.28 bits per heavy atom. The maximum Gasteiger partial charge on any atom is 0.261 e. The first-order valence-electron chi connectivity index (χ1n) is 9.06. The molecule has 1 saturated heterocycles. The number of nitrogens with one attached hydrogen (secondary N) is 1. The van der Waals surface area contributed by atoms with Crippen molar-refractivity contribution >= 4 is 40.4 Å². The molecule has 7 nitrogen and oxygen atoms in total. The number of hydrogen-bond donors (Lipinski definition) is 1. The minimum absolute atomic E-state index is 0.00853. The Balaban J connectivity index is 1.45. The molecule has 0 radical (unpaired) electrons. The largest absolute Gasteiger partial charge is 0.346 e. The van der Waals surface area contributed by atoms with Crippen LogP contribution >= 0.6 is 22.9 Å². The van der Waals surface area contributed by atoms with Gasteiger partial charge in [0.2, 0.25) is 5.91 Å². The van der Waals surface area contributed by atoms with Crippen LogP contribution in [-0.2, 0) is 11.3 Å². The third-order valence-electron chi connectivity index (χ3n) is 4.58. The second-order valence-electron chi connectivity index (χ2n) is 6.58. The number of rotatable bonds is 5. The van der Waals surface area contributed by atoms with Crippen molar-refractivity contribution in [3.05, 3.63) is 57.3 Å². The van der Waals surface area contributed by atoms with E-state index in [9.17, 15) is 14.0 Å². The van der Waals surface area contributed by atoms with E-state index in [0.717, 1.165) is 12.8 Å². The van der Waals surface area contributed by atoms with Gasteiger partial charge in [-0.25, -0.2) is 9.07 Å². The number of nitrogens with zero attached hydrogens (tertiary/aromatic N) is 4. The molecular formula is C19H17ClFN5O2S. The molecule has 3 aromatic rings. The molecule has 4 rings (SSSR count). The Bertz CT molecular complexity index is 1070. The van der Waals surface area contributed by atoms with Gasteiger partial charge in [0, 0.05) is 18.7 Å². The zero-order valence-electron chi connectivity index (χ0n) is 15.3. The molecule has 1 fully saturated rings. The van der Waals surface area contributed by atoms with Gasteiger partial charge in [-0.2, -0.15) is 0 Å². The zero-order valence-corrected chi connectivity index (χ0v) is 16.8. The average Bonchev–Trinajstić information content (AvgIpc) is 3.35. The number of thiophene rings is 1. The van der Waals surface area contributed by atoms with Crippen LogP contribution in [0.15, 0.2) is 36.5 Å². The second kappa shape index (κ2) is 8.30. The highest BCUT2D eigenvalue weighted by Crippen LogP contribution is 2.25. The molecule has 0 aliphatic carbocycles. The lowest BCUT2D eigenvalue weighted by molar-refractivity contribution is -0.119. The highest BCUT2D eigenvalue weighted by Gasteiger charge is 2.21. The second-order valence-corrected chi connectivity index (χ2v) is 8.29. The van der Waals surface area contributed by atoms with Crippen LogP contribution in [0.1, 0.15) is 34.6 Å². The summed E-state index contributed by atoms with van der Waals surface area (Å²) in [5.74, 6) is -0.762. The van der Waals surface area contributed by atoms with Crippen molar-refractivity contribution in [1.82, 2.24) is 20.3 Å². The Labute approximate surface area is 175 Å². The summed E-state index contributed by atoms with van der Waals surface area (Å²) in [5, 5.41) is 10.6. The smallest absolute Gasteiger partial charge is 0.261 e. The van der Waals surface area contributed by atoms with Crippen LogP contribution in [0.5, 0.6) is 0 Å². The van der Waals surface area contributed by atoms with Crippen molar-refractivity contribution in [1.29, 1.82) is 0 Å². The number of anilines is 1. The third-order valence-corrected chi connectivity index (χ3v) is 5.81. The number of benzene rings is 1. The minimum atomic E-state index is -0.505. The summed E-state index contributed by atoms with van der Waals surface area (Å²) in [6, 6.07) is 7.90. The molecule has 29 heavy (non-hydrogen) atoms. The van der Waals surface area contributed by atoms with Gasteiger partial charge < -0.3 is 10.2 Å². The topological polar surface area (TPSA) is 80.1 Å². The fraction of sp³-hybridized carbons (Fsp3) is 0.263. The van der Waals surface area contributed by atoms with E-state index in [0.29, 0.717) is 33.6 Å². The Kier molecular flexibility index (Phi) is 5.59. The number of carbonyl (C=O) groups is 2. The van der Waals surface area contributed by atoms with Crippen LogP contribution in [-0.4, -0.2) is 33.4 Å². The van der Waals surface area contributed by atoms with Crippen molar-refractivity contribution in [2.45, 2.75) is 25.8 Å². The number of amides is 2. The van der Waals surface area contributed by atoms with E-state index in [-0.39, 0.29) is 24.0 Å². The number of carbonyl (C=O) groups excluding carboxylic acids is 2. The third kappa shape index (κ3) is 4.30. The van der Waals surface area contributed by atoms with Gasteiger partial charge in [-0.05, 0) is 43.2 Å². The molecule has 10 heteroatoms. The fourth-order valence-electron chi connectivity index (χ4n) is 3.12. The molecule has 150 valence electrons. The van der Waals surface area contributed by atoms with Crippen molar-refractivity contribution in [3.63, 3.8) is 0 Å². The van der Waals surface area contributed by atoms with E-state index in [1.54, 1.807) is 35.4 Å². The Morgan fingerprint density at radius 3 is 2.86 bits per heavy atom. The molecule has 0 bridgehead atoms. The van der Waals surface area contributed by atoms with Crippen LogP contribution in [0.3, 0.4) is 0 Å². The van der Waals surface area contributed by atoms with Gasteiger partial charge in [-0.1, -0.05) is 16.8 Å². The number of hydrogen-bond acceptors (Lipinski definition) is 5. The standard InChI is InChI=1S/C19H17ClFN5O2S/c20-17-7-6-16(29-17)19(28)22-10-12-11-26(24-23-12)15-5-4-13(9-14(15)21)25-8-2-1-3-18(25)27/h4-7,9,11H,1-3,8,10H2,(H,22,28). The molecule has 1 aromatic carbocycles. The summed E-state index contributed by atoms with van der Waals surface area (Å²) in [4.78, 5) is 26.2. The summed E-state index contributed by atoms with van der Waals surface area (Å²) < 4.78 is 16.5. The average molecular weight is 434 g/mol. The summed E-state index contributed by atoms with van der Waals surface area (Å²) in [7, 11) is 0. The maximum atomic E-state index is 14.7. The van der Waals surface area contributed by atoms with Gasteiger partial charge in [0.05, 0.1) is 22.0 Å². The first-order chi connectivity index (χ1) is 14.0. The lowest BCUT2D eigenvalue weighted by atomic mass is 10.1. The molecule has 0 saturated carbocycles. The van der Waals surface area contributed by atoms with Crippen molar-refractivity contribution in [2.24, 2.45) is 0 Å². The molecule has 2 aromatic heterocycles. The Morgan fingerprint density at radius 2 is 2.14 bits per heavy atom. The molecule has 1 aliphatic rings. The molecule has 3 heterocycles. The SMILES string of the molecule is O=C(NCc1cn(-c2ccc(N3CCCCC3=O)cc2F)nn1)c1ccc(Cl)s1. The van der Waals surface area contributed by atoms with Crippen molar-refractivity contribution in [3.8, 4) is 5.69 Å². The van der Waals surface area contributed by atoms with E-state index < -0.39 is 5.82 Å². The molecule has 1 aliphatic heterocycles. The predicted octanol–water partition coefficient (Wildman–Crippen LogP) is 3.57. The first-order valence-corrected chi connectivity index (χ1v) is 10.3. The first kappa shape index (κ1) is 19.5. The molecule has 0 atom stereocenters. The summed E-state index contributed by atoms with van der Waals surface area (Å²) in [6.45, 7) is 0.747. The molecule has 1 N–H and O–H groups in total. The maximum absolute atomic E-state index is 14.7. The minimum Gasteiger partial charge on any atom is -0.346 e. The summed E-state index contributed by atoms with van der Waals surface area (Å²) >= 11 is 7.01. The van der Waals surface area contributed by atoms with E-state index in [1.165, 1.54) is 22.1 Å². The fourth-order valence-corrected chi connectivity index (χ4v) is 4.08. The van der Waals surface area contributed by atoms with Crippen LogP contribution < -0.4 is 10.2 Å². The molecule has 0 unspecified atom stereocenters. The van der Waals surface area contributed by atoms with Gasteiger partial charge in [-0.3, -0.25) is 9.59 Å². The van der Waals surface area contributed by atoms with Gasteiger partial charge in [0.15, 0.2) is 5.82 Å². The van der Waals surface area contributed by atoms with E-state index in [1.807, 2.05) is 0 Å². The highest BCUT2D eigenvalue weighted by molar-refractivity contribution is 7.17. The van der Waals surface area contributed by atoms with Crippen molar-refractivity contribution < 1.29 is 14.0 Å². The van der Waals surface area contributed by atoms with Crippen LogP contribution in [0.4, 0.5) is 10.1 Å². The summed E-state index contributed by atoms with van der Waals surface area (Å²) in [5.41, 5.74) is 1.24. The highest BCUT2D eigenvalue weighted by atomic mass is 35.5. The van der Waals surface area contributed by atoms with E-state index in [4.69, 9.17) is 11.6 Å². The van der Waals surface area contributed by atoms with Crippen molar-refractivity contribution in [2.75, 3.05) is 11.4 Å². The van der Waals surface area contributed by atoms with Crippen LogP contribution in [0.25, 0.3) is 5.69 Å². The van der Waals surface area contributed by atoms with E-state index >= 15 is 0 Å². The van der Waals surface area contributed by atoms with Crippen LogP contribution in [0, 0.1) is 5.82 Å². The van der Waals surface area contributed by atoms with Gasteiger partial charge in [0.1, 0.15) is 11.4 Å². The zero-order chi connectivity index (χ0) is 20.4. The lowest BCUT2D eigenvalue weighted by Gasteiger charge is -2.27. The van der Waals surface area contributed by atoms with E-state index in [2.05, 4.69) is 15.6 Å². The molecule has 0 spiro atoms. The Hall–Kier alpha value is -2.78. The molecular weight excluding hydrogens is 417 g/mol. The summed E-state index contributed by atoms with van der Waals surface area (Å²) in [6.07, 6.45) is 3.81. The molecule has 2 amide bonds. The normalized spacial score (nSPS) is 14.3. The number of aromatic nitrogens is 3. The quantitative estimate of drug-likeness (QED) is 0.667. The number of piperidine rings is 1. The number of halogens is 2. The predicted molar refractivity (Wildman–Crippen MR) is 108 cm³/mol. The van der Waals surface area contributed by atoms with Gasteiger partial charge in [0.25, 0.3) is 5.91 Å². The van der Waals surface area contributed by atoms with Gasteiger partial charge >= 0.3 is 0 Å². The van der Waals surface area contributed by atoms with Crippen LogP contribution in [0.2, 0.25) is 4.34 Å². The monoisotopic (exact) mass is 433 g/mol. The lowest BCUT2D eigenvalue weighted by Crippen LogP contribution is -2.35.